The lowest BCUT2D eigenvalue weighted by Gasteiger charge is -2.11. The lowest BCUT2D eigenvalue weighted by molar-refractivity contribution is 0.0960. The molecule has 0 saturated heterocycles. The van der Waals surface area contributed by atoms with E-state index in [0.29, 0.717) is 11.4 Å². The van der Waals surface area contributed by atoms with Crippen LogP contribution in [0, 0.1) is 6.92 Å². The molecule has 3 rings (SSSR count). The molecule has 4 N–H and O–H groups in total. The van der Waals surface area contributed by atoms with Crippen molar-refractivity contribution in [1.29, 1.82) is 0 Å². The van der Waals surface area contributed by atoms with E-state index in [0.717, 1.165) is 53.0 Å². The lowest BCUT2D eigenvalue weighted by Crippen LogP contribution is -2.21. The van der Waals surface area contributed by atoms with Crippen LogP contribution in [0.4, 0.5) is 5.95 Å². The van der Waals surface area contributed by atoms with E-state index in [1.807, 2.05) is 33.8 Å². The quantitative estimate of drug-likeness (QED) is 0.223. The average Bonchev–Trinajstić information content (AvgIpc) is 3.25. The van der Waals surface area contributed by atoms with E-state index >= 15 is 0 Å². The Hall–Kier alpha value is -3.03. The predicted octanol–water partition coefficient (Wildman–Crippen LogP) is 7.05. The van der Waals surface area contributed by atoms with Gasteiger partial charge < -0.3 is 16.4 Å². The standard InChI is InChI=1S/C20H25N5OS.C5H10.C4H8/c1-4-8-22-11-13-7-6-12(3)14(9-13)17-15-10-16(18(26)23-5-2)27-19(15)25-20(21)24-17;1-3-5-4-2;1-4(2)3/h6-7,9-10,22H,4-5,8,11H2,1-3H3,(H,23,26)(H2,21,24,25);3,5H,4H2,1-2H3;1H2,2-3H3/b;5-3-;. The Kier molecular flexibility index (Phi) is 14.3. The third-order valence-electron chi connectivity index (χ3n) is 4.76. The second kappa shape index (κ2) is 16.6. The minimum Gasteiger partial charge on any atom is -0.368 e. The van der Waals surface area contributed by atoms with Crippen LogP contribution in [-0.4, -0.2) is 29.0 Å². The molecule has 0 aliphatic carbocycles. The third-order valence-corrected chi connectivity index (χ3v) is 5.78. The zero-order chi connectivity index (χ0) is 27.1. The SMILES string of the molecule is C/C=C\CC.C=C(C)C.CCCNCc1ccc(C)c(-c2nc(N)nc3sc(C(=O)NCC)cc23)c1. The Morgan fingerprint density at radius 3 is 2.42 bits per heavy atom. The molecule has 0 atom stereocenters. The first-order chi connectivity index (χ1) is 17.2. The smallest absolute Gasteiger partial charge is 0.261 e. The molecular weight excluding hydrogens is 466 g/mol. The van der Waals surface area contributed by atoms with Crippen LogP contribution in [0.1, 0.15) is 75.2 Å². The van der Waals surface area contributed by atoms with Crippen LogP contribution < -0.4 is 16.4 Å². The summed E-state index contributed by atoms with van der Waals surface area (Å²) in [5, 5.41) is 7.11. The summed E-state index contributed by atoms with van der Waals surface area (Å²) < 4.78 is 0. The van der Waals surface area contributed by atoms with E-state index in [1.165, 1.54) is 22.5 Å². The average molecular weight is 510 g/mol. The molecular formula is C29H43N5OS. The highest BCUT2D eigenvalue weighted by Crippen LogP contribution is 2.34. The normalized spacial score (nSPS) is 10.4. The molecule has 0 saturated carbocycles. The van der Waals surface area contributed by atoms with Gasteiger partial charge in [0.15, 0.2) is 0 Å². The van der Waals surface area contributed by atoms with Gasteiger partial charge in [0.25, 0.3) is 5.91 Å². The summed E-state index contributed by atoms with van der Waals surface area (Å²) in [5.74, 6) is 0.120. The number of nitrogens with zero attached hydrogens (tertiary/aromatic N) is 2. The molecule has 1 aromatic carbocycles. The number of nitrogen functional groups attached to an aromatic ring is 1. The summed E-state index contributed by atoms with van der Waals surface area (Å²) in [6.07, 6.45) is 6.44. The number of allylic oxidation sites excluding steroid dienone is 3. The van der Waals surface area contributed by atoms with Crippen molar-refractivity contribution in [3.63, 3.8) is 0 Å². The molecule has 7 heteroatoms. The fraction of sp³-hybridized carbons (Fsp3) is 0.414. The molecule has 2 aromatic heterocycles. The Bertz CT molecular complexity index is 1150. The van der Waals surface area contributed by atoms with Crippen molar-refractivity contribution in [2.24, 2.45) is 0 Å². The summed E-state index contributed by atoms with van der Waals surface area (Å²) in [4.78, 5) is 22.4. The Morgan fingerprint density at radius 1 is 1.17 bits per heavy atom. The van der Waals surface area contributed by atoms with Crippen molar-refractivity contribution < 1.29 is 4.79 Å². The highest BCUT2D eigenvalue weighted by Gasteiger charge is 2.17. The zero-order valence-corrected chi connectivity index (χ0v) is 23.8. The minimum absolute atomic E-state index is 0.0979. The van der Waals surface area contributed by atoms with E-state index in [4.69, 9.17) is 5.73 Å². The highest BCUT2D eigenvalue weighted by molar-refractivity contribution is 7.20. The van der Waals surface area contributed by atoms with Crippen molar-refractivity contribution in [2.45, 2.75) is 67.9 Å². The van der Waals surface area contributed by atoms with Gasteiger partial charge in [-0.05, 0) is 77.3 Å². The Labute approximate surface area is 221 Å². The summed E-state index contributed by atoms with van der Waals surface area (Å²) in [6.45, 7) is 20.1. The number of anilines is 1. The molecule has 3 aromatic rings. The van der Waals surface area contributed by atoms with Gasteiger partial charge in [-0.3, -0.25) is 4.79 Å². The first-order valence-corrected chi connectivity index (χ1v) is 13.4. The van der Waals surface area contributed by atoms with E-state index in [2.05, 4.69) is 78.3 Å². The summed E-state index contributed by atoms with van der Waals surface area (Å²) in [7, 11) is 0. The van der Waals surface area contributed by atoms with Crippen LogP contribution in [0.15, 0.2) is 48.6 Å². The summed E-state index contributed by atoms with van der Waals surface area (Å²) in [6, 6.07) is 8.22. The van der Waals surface area contributed by atoms with Gasteiger partial charge in [0.2, 0.25) is 5.95 Å². The predicted molar refractivity (Wildman–Crippen MR) is 158 cm³/mol. The molecule has 36 heavy (non-hydrogen) atoms. The molecule has 6 nitrogen and oxygen atoms in total. The number of rotatable bonds is 8. The first-order valence-electron chi connectivity index (χ1n) is 12.6. The lowest BCUT2D eigenvalue weighted by atomic mass is 10.00. The van der Waals surface area contributed by atoms with Crippen LogP contribution in [0.3, 0.4) is 0 Å². The van der Waals surface area contributed by atoms with Crippen molar-refractivity contribution in [3.8, 4) is 11.3 Å². The molecule has 1 amide bonds. The fourth-order valence-electron chi connectivity index (χ4n) is 3.18. The molecule has 0 spiro atoms. The zero-order valence-electron chi connectivity index (χ0n) is 23.0. The summed E-state index contributed by atoms with van der Waals surface area (Å²) in [5.41, 5.74) is 11.2. The van der Waals surface area contributed by atoms with Gasteiger partial charge in [-0.25, -0.2) is 9.97 Å². The highest BCUT2D eigenvalue weighted by atomic mass is 32.1. The number of fused-ring (bicyclic) bond motifs is 1. The van der Waals surface area contributed by atoms with Gasteiger partial charge in [0, 0.05) is 24.0 Å². The minimum atomic E-state index is -0.0979. The number of hydrogen-bond donors (Lipinski definition) is 3. The number of aryl methyl sites for hydroxylation is 1. The molecule has 0 aliphatic rings. The number of benzene rings is 1. The second-order valence-corrected chi connectivity index (χ2v) is 9.66. The van der Waals surface area contributed by atoms with E-state index < -0.39 is 0 Å². The number of amides is 1. The van der Waals surface area contributed by atoms with Crippen LogP contribution >= 0.6 is 11.3 Å². The van der Waals surface area contributed by atoms with E-state index in [1.54, 1.807) is 0 Å². The van der Waals surface area contributed by atoms with Crippen molar-refractivity contribution >= 4 is 33.4 Å². The van der Waals surface area contributed by atoms with E-state index in [9.17, 15) is 4.79 Å². The molecule has 0 radical (unpaired) electrons. The molecule has 0 aliphatic heterocycles. The fourth-order valence-corrected chi connectivity index (χ4v) is 4.14. The van der Waals surface area contributed by atoms with Crippen molar-refractivity contribution in [1.82, 2.24) is 20.6 Å². The van der Waals surface area contributed by atoms with Gasteiger partial charge in [-0.15, -0.1) is 17.9 Å². The number of carbonyl (C=O) groups is 1. The number of hydrogen-bond acceptors (Lipinski definition) is 6. The van der Waals surface area contributed by atoms with Crippen LogP contribution in [-0.2, 0) is 6.54 Å². The van der Waals surface area contributed by atoms with Gasteiger partial charge in [-0.2, -0.15) is 0 Å². The molecule has 0 unspecified atom stereocenters. The maximum atomic E-state index is 12.2. The number of aromatic nitrogens is 2. The largest absolute Gasteiger partial charge is 0.368 e. The molecule has 196 valence electrons. The topological polar surface area (TPSA) is 92.9 Å². The molecule has 2 heterocycles. The maximum Gasteiger partial charge on any atom is 0.261 e. The van der Waals surface area contributed by atoms with Crippen LogP contribution in [0.5, 0.6) is 0 Å². The Morgan fingerprint density at radius 2 is 1.86 bits per heavy atom. The summed E-state index contributed by atoms with van der Waals surface area (Å²) >= 11 is 1.34. The number of nitrogens with two attached hydrogens (primary N) is 1. The van der Waals surface area contributed by atoms with Gasteiger partial charge >= 0.3 is 0 Å². The number of nitrogens with one attached hydrogen (secondary N) is 2. The van der Waals surface area contributed by atoms with Crippen LogP contribution in [0.2, 0.25) is 0 Å². The molecule has 0 bridgehead atoms. The first kappa shape index (κ1) is 31.0. The molecule has 0 fully saturated rings. The number of thiophene rings is 1. The van der Waals surface area contributed by atoms with Gasteiger partial charge in [0.1, 0.15) is 4.83 Å². The number of carbonyl (C=O) groups excluding carboxylic acids is 1. The maximum absolute atomic E-state index is 12.2. The van der Waals surface area contributed by atoms with E-state index in [-0.39, 0.29) is 11.9 Å². The van der Waals surface area contributed by atoms with Gasteiger partial charge in [0.05, 0.1) is 10.6 Å². The second-order valence-electron chi connectivity index (χ2n) is 8.63. The van der Waals surface area contributed by atoms with Crippen LogP contribution in [0.25, 0.3) is 21.5 Å². The monoisotopic (exact) mass is 509 g/mol. The van der Waals surface area contributed by atoms with Gasteiger partial charge in [-0.1, -0.05) is 43.7 Å². The third kappa shape index (κ3) is 10.3. The van der Waals surface area contributed by atoms with Crippen molar-refractivity contribution in [3.05, 3.63) is 64.6 Å². The van der Waals surface area contributed by atoms with Crippen molar-refractivity contribution in [2.75, 3.05) is 18.8 Å². The Balaban J connectivity index is 0.000000620.